The molecule has 14 heteroatoms. The Hall–Kier alpha value is -1.15. The zero-order valence-electron chi connectivity index (χ0n) is 14.4. The molecule has 1 fully saturated rings. The standard InChI is InChI=1S/C13H22N3O9PS/c1-6(10(18)19)15-26(22,23)24-5-7-9(17)13(2,21)11(25-7)16-4-3-8(27)14-12(16)20/h3-4,6-7,9,11-12,17,20-21H,5H2,1-2H3,(H,14,27)(H,18,19)(H2,15,22,23)/t6-,7+,9-,11+,12?,13?/m0/s1. The molecule has 0 aliphatic carbocycles. The van der Waals surface area contributed by atoms with E-state index in [1.54, 1.807) is 0 Å². The minimum absolute atomic E-state index is 0.261. The number of nitrogens with one attached hydrogen (secondary N) is 2. The highest BCUT2D eigenvalue weighted by Gasteiger charge is 2.55. The number of aliphatic carboxylic acids is 1. The van der Waals surface area contributed by atoms with Crippen LogP contribution in [0.2, 0.25) is 0 Å². The van der Waals surface area contributed by atoms with Crippen LogP contribution in [0.15, 0.2) is 12.3 Å². The fourth-order valence-electron chi connectivity index (χ4n) is 2.61. The molecule has 27 heavy (non-hydrogen) atoms. The maximum Gasteiger partial charge on any atom is 0.403 e. The molecule has 0 aromatic heterocycles. The van der Waals surface area contributed by atoms with E-state index in [9.17, 15) is 29.6 Å². The van der Waals surface area contributed by atoms with Gasteiger partial charge in [-0.05, 0) is 19.9 Å². The monoisotopic (exact) mass is 427 g/mol. The second kappa shape index (κ2) is 8.07. The van der Waals surface area contributed by atoms with E-state index in [0.717, 1.165) is 6.92 Å². The zero-order chi connectivity index (χ0) is 20.6. The van der Waals surface area contributed by atoms with Gasteiger partial charge in [0.25, 0.3) is 0 Å². The number of rotatable bonds is 7. The number of nitrogens with zero attached hydrogens (tertiary/aromatic N) is 1. The molecule has 0 radical (unpaired) electrons. The Labute approximate surface area is 160 Å². The van der Waals surface area contributed by atoms with E-state index in [-0.39, 0.29) is 4.99 Å². The lowest BCUT2D eigenvalue weighted by molar-refractivity contribution is -0.165. The number of carboxylic acid groups (broad SMARTS) is 1. The Morgan fingerprint density at radius 2 is 2.22 bits per heavy atom. The Kier molecular flexibility index (Phi) is 6.62. The van der Waals surface area contributed by atoms with Crippen molar-refractivity contribution >= 4 is 30.9 Å². The molecule has 2 rings (SSSR count). The van der Waals surface area contributed by atoms with Crippen LogP contribution in [-0.4, -0.2) is 84.2 Å². The molecule has 154 valence electrons. The minimum Gasteiger partial charge on any atom is -0.480 e. The molecule has 0 aromatic carbocycles. The van der Waals surface area contributed by atoms with E-state index < -0.39 is 56.8 Å². The summed E-state index contributed by atoms with van der Waals surface area (Å²) in [4.78, 5) is 21.8. The number of hydrogen-bond donors (Lipinski definition) is 7. The normalized spacial score (nSPS) is 37.0. The van der Waals surface area contributed by atoms with Gasteiger partial charge in [-0.25, -0.2) is 9.65 Å². The molecule has 2 aliphatic heterocycles. The highest BCUT2D eigenvalue weighted by Crippen LogP contribution is 2.40. The lowest BCUT2D eigenvalue weighted by Gasteiger charge is -2.39. The van der Waals surface area contributed by atoms with E-state index in [0.29, 0.717) is 0 Å². The van der Waals surface area contributed by atoms with Crippen LogP contribution in [0, 0.1) is 0 Å². The van der Waals surface area contributed by atoms with Crippen LogP contribution in [0.25, 0.3) is 0 Å². The molecule has 2 heterocycles. The van der Waals surface area contributed by atoms with Gasteiger partial charge in [0.1, 0.15) is 28.8 Å². The van der Waals surface area contributed by atoms with Crippen LogP contribution in [-0.2, 0) is 18.6 Å². The molecule has 0 amide bonds. The van der Waals surface area contributed by atoms with Gasteiger partial charge in [-0.2, -0.15) is 0 Å². The Morgan fingerprint density at radius 1 is 1.59 bits per heavy atom. The van der Waals surface area contributed by atoms with Crippen molar-refractivity contribution in [2.75, 3.05) is 6.61 Å². The average molecular weight is 427 g/mol. The predicted molar refractivity (Wildman–Crippen MR) is 94.0 cm³/mol. The first-order chi connectivity index (χ1) is 12.3. The van der Waals surface area contributed by atoms with Gasteiger partial charge < -0.3 is 40.3 Å². The second-order valence-electron chi connectivity index (χ2n) is 6.35. The molecule has 0 saturated carbocycles. The second-order valence-corrected chi connectivity index (χ2v) is 8.35. The first-order valence-electron chi connectivity index (χ1n) is 7.83. The van der Waals surface area contributed by atoms with Crippen molar-refractivity contribution in [3.05, 3.63) is 12.3 Å². The summed E-state index contributed by atoms with van der Waals surface area (Å²) in [6.07, 6.45) is -2.52. The summed E-state index contributed by atoms with van der Waals surface area (Å²) in [6, 6.07) is -1.35. The van der Waals surface area contributed by atoms with Gasteiger partial charge in [0.05, 0.1) is 6.61 Å². The zero-order valence-corrected chi connectivity index (χ0v) is 16.1. The summed E-state index contributed by atoms with van der Waals surface area (Å²) in [7, 11) is -4.51. The number of ether oxygens (including phenoxy) is 1. The molecule has 0 bridgehead atoms. The van der Waals surface area contributed by atoms with Gasteiger partial charge >= 0.3 is 13.7 Å². The first kappa shape index (κ1) is 22.1. The van der Waals surface area contributed by atoms with Gasteiger partial charge in [0, 0.05) is 6.20 Å². The van der Waals surface area contributed by atoms with Crippen LogP contribution in [0.3, 0.4) is 0 Å². The quantitative estimate of drug-likeness (QED) is 0.176. The van der Waals surface area contributed by atoms with Crippen LogP contribution in [0.4, 0.5) is 0 Å². The number of thiocarbonyl (C=S) groups is 1. The fraction of sp³-hybridized carbons (Fsp3) is 0.692. The van der Waals surface area contributed by atoms with Crippen LogP contribution in [0.1, 0.15) is 13.8 Å². The van der Waals surface area contributed by atoms with Crippen LogP contribution in [0.5, 0.6) is 0 Å². The maximum absolute atomic E-state index is 11.9. The van der Waals surface area contributed by atoms with Crippen molar-refractivity contribution in [3.63, 3.8) is 0 Å². The minimum atomic E-state index is -4.51. The average Bonchev–Trinajstić information content (AvgIpc) is 2.76. The van der Waals surface area contributed by atoms with Crippen molar-refractivity contribution < 1.29 is 43.9 Å². The van der Waals surface area contributed by atoms with Crippen LogP contribution >= 0.6 is 20.0 Å². The number of aliphatic hydroxyl groups excluding tert-OH is 2. The third-order valence-electron chi connectivity index (χ3n) is 4.12. The van der Waals surface area contributed by atoms with E-state index in [2.05, 4.69) is 5.32 Å². The Balaban J connectivity index is 2.05. The van der Waals surface area contributed by atoms with Crippen molar-refractivity contribution in [2.24, 2.45) is 0 Å². The SMILES string of the molecule is C[C@H](NP(=O)(O)OC[C@H]1O[C@@H](N2C=CC(=S)NC2O)C(C)(O)[C@H]1O)C(=O)O. The third-order valence-corrected chi connectivity index (χ3v) is 5.58. The predicted octanol–water partition coefficient (Wildman–Crippen LogP) is -1.97. The van der Waals surface area contributed by atoms with Gasteiger partial charge in [-0.3, -0.25) is 9.32 Å². The Bertz CT molecular complexity index is 675. The van der Waals surface area contributed by atoms with Crippen molar-refractivity contribution in [3.8, 4) is 0 Å². The number of carboxylic acids is 1. The highest BCUT2D eigenvalue weighted by atomic mass is 32.1. The maximum atomic E-state index is 11.9. The molecule has 12 nitrogen and oxygen atoms in total. The van der Waals surface area contributed by atoms with E-state index in [4.69, 9.17) is 26.6 Å². The largest absolute Gasteiger partial charge is 0.480 e. The molecule has 0 spiro atoms. The summed E-state index contributed by atoms with van der Waals surface area (Å²) in [5, 5.41) is 44.1. The van der Waals surface area contributed by atoms with E-state index in [1.165, 1.54) is 24.1 Å². The molecule has 0 aromatic rings. The van der Waals surface area contributed by atoms with Gasteiger partial charge in [-0.15, -0.1) is 0 Å². The molecular weight excluding hydrogens is 405 g/mol. The summed E-state index contributed by atoms with van der Waals surface area (Å²) in [6.45, 7) is 1.79. The topological polar surface area (TPSA) is 181 Å². The number of carbonyl (C=O) groups is 1. The lowest BCUT2D eigenvalue weighted by Crippen LogP contribution is -2.59. The fourth-order valence-corrected chi connectivity index (χ4v) is 3.80. The molecule has 7 N–H and O–H groups in total. The molecular formula is C13H22N3O9PS. The van der Waals surface area contributed by atoms with E-state index in [1.807, 2.05) is 5.09 Å². The van der Waals surface area contributed by atoms with Crippen molar-refractivity contribution in [1.82, 2.24) is 15.3 Å². The summed E-state index contributed by atoms with van der Waals surface area (Å²) in [5.41, 5.74) is -1.87. The summed E-state index contributed by atoms with van der Waals surface area (Å²) < 4.78 is 22.2. The van der Waals surface area contributed by atoms with Gasteiger partial charge in [0.15, 0.2) is 6.23 Å². The number of aliphatic hydroxyl groups is 3. The molecule has 2 aliphatic rings. The molecule has 7 atom stereocenters. The summed E-state index contributed by atoms with van der Waals surface area (Å²) in [5.74, 6) is -1.36. The van der Waals surface area contributed by atoms with E-state index >= 15 is 0 Å². The third kappa shape index (κ3) is 5.02. The van der Waals surface area contributed by atoms with Crippen LogP contribution < -0.4 is 10.4 Å². The smallest absolute Gasteiger partial charge is 0.403 e. The number of hydrogen-bond acceptors (Lipinski definition) is 9. The molecule has 1 saturated heterocycles. The van der Waals surface area contributed by atoms with Crippen molar-refractivity contribution in [1.29, 1.82) is 0 Å². The first-order valence-corrected chi connectivity index (χ1v) is 9.82. The van der Waals surface area contributed by atoms with Gasteiger partial charge in [-0.1, -0.05) is 12.2 Å². The highest BCUT2D eigenvalue weighted by molar-refractivity contribution is 7.80. The lowest BCUT2D eigenvalue weighted by atomic mass is 9.96. The Morgan fingerprint density at radius 3 is 2.78 bits per heavy atom. The van der Waals surface area contributed by atoms with Gasteiger partial charge in [0.2, 0.25) is 6.35 Å². The molecule has 3 unspecified atom stereocenters. The van der Waals surface area contributed by atoms with Crippen molar-refractivity contribution in [2.45, 2.75) is 50.3 Å². The summed E-state index contributed by atoms with van der Waals surface area (Å²) >= 11 is 4.88.